The topological polar surface area (TPSA) is 62.2 Å². The van der Waals surface area contributed by atoms with E-state index in [-0.39, 0.29) is 11.7 Å². The van der Waals surface area contributed by atoms with E-state index in [0.29, 0.717) is 17.4 Å². The molecule has 1 saturated heterocycles. The Morgan fingerprint density at radius 3 is 3.19 bits per heavy atom. The van der Waals surface area contributed by atoms with E-state index in [9.17, 15) is 9.90 Å². The predicted octanol–water partition coefficient (Wildman–Crippen LogP) is 1.41. The number of rotatable bonds is 3. The molecule has 0 radical (unpaired) electrons. The number of thioether (sulfide) groups is 1. The van der Waals surface area contributed by atoms with Crippen LogP contribution in [0, 0.1) is 0 Å². The molecule has 1 atom stereocenters. The fourth-order valence-corrected chi connectivity index (χ4v) is 2.87. The van der Waals surface area contributed by atoms with Crippen molar-refractivity contribution in [3.63, 3.8) is 0 Å². The molecule has 1 aromatic rings. The maximum atomic E-state index is 11.7. The molecule has 4 nitrogen and oxygen atoms in total. The molecule has 16 heavy (non-hydrogen) atoms. The average Bonchev–Trinajstić information content (AvgIpc) is 2.78. The highest BCUT2D eigenvalue weighted by molar-refractivity contribution is 8.00. The summed E-state index contributed by atoms with van der Waals surface area (Å²) in [7, 11) is 0. The zero-order valence-electron chi connectivity index (χ0n) is 8.85. The summed E-state index contributed by atoms with van der Waals surface area (Å²) in [4.78, 5) is 15.5. The van der Waals surface area contributed by atoms with Crippen molar-refractivity contribution in [3.8, 4) is 5.75 Å². The van der Waals surface area contributed by atoms with Gasteiger partial charge in [-0.25, -0.2) is 0 Å². The summed E-state index contributed by atoms with van der Waals surface area (Å²) in [6.45, 7) is 0.694. The van der Waals surface area contributed by atoms with Gasteiger partial charge in [-0.1, -0.05) is 0 Å². The fraction of sp³-hybridized carbons (Fsp3) is 0.455. The molecule has 1 aliphatic rings. The smallest absolute Gasteiger partial charge is 0.253 e. The first-order chi connectivity index (χ1) is 7.75. The first-order valence-corrected chi connectivity index (χ1v) is 6.34. The van der Waals surface area contributed by atoms with Crippen LogP contribution in [0.5, 0.6) is 5.75 Å². The third-order valence-electron chi connectivity index (χ3n) is 2.50. The Bertz CT molecular complexity index is 378. The Morgan fingerprint density at radius 2 is 2.50 bits per heavy atom. The maximum Gasteiger partial charge on any atom is 0.253 e. The van der Waals surface area contributed by atoms with E-state index in [0.717, 1.165) is 0 Å². The number of pyridine rings is 1. The van der Waals surface area contributed by atoms with Crippen molar-refractivity contribution >= 4 is 17.7 Å². The molecule has 1 aromatic heterocycles. The van der Waals surface area contributed by atoms with Crippen LogP contribution in [0.1, 0.15) is 23.2 Å². The second-order valence-corrected chi connectivity index (χ2v) is 5.19. The van der Waals surface area contributed by atoms with Crippen LogP contribution in [0.3, 0.4) is 0 Å². The molecule has 1 amide bonds. The van der Waals surface area contributed by atoms with Crippen molar-refractivity contribution in [2.75, 3.05) is 12.3 Å². The van der Waals surface area contributed by atoms with Gasteiger partial charge in [0.25, 0.3) is 5.91 Å². The lowest BCUT2D eigenvalue weighted by Gasteiger charge is -2.09. The Balaban J connectivity index is 1.87. The van der Waals surface area contributed by atoms with Crippen LogP contribution >= 0.6 is 11.8 Å². The minimum Gasteiger partial charge on any atom is -0.506 e. The number of amides is 1. The summed E-state index contributed by atoms with van der Waals surface area (Å²) >= 11 is 1.90. The maximum absolute atomic E-state index is 11.7. The lowest BCUT2D eigenvalue weighted by atomic mass is 10.2. The van der Waals surface area contributed by atoms with E-state index in [1.54, 1.807) is 0 Å². The summed E-state index contributed by atoms with van der Waals surface area (Å²) in [5, 5.41) is 12.6. The Labute approximate surface area is 98.5 Å². The molecule has 86 valence electrons. The van der Waals surface area contributed by atoms with E-state index in [4.69, 9.17) is 0 Å². The Kier molecular flexibility index (Phi) is 3.66. The second kappa shape index (κ2) is 5.21. The molecule has 2 N–H and O–H groups in total. The van der Waals surface area contributed by atoms with E-state index >= 15 is 0 Å². The third-order valence-corrected chi connectivity index (χ3v) is 3.90. The van der Waals surface area contributed by atoms with E-state index in [1.165, 1.54) is 37.1 Å². The van der Waals surface area contributed by atoms with Gasteiger partial charge in [-0.3, -0.25) is 9.78 Å². The summed E-state index contributed by atoms with van der Waals surface area (Å²) in [5.74, 6) is 1.03. The largest absolute Gasteiger partial charge is 0.506 e. The number of nitrogens with zero attached hydrogens (tertiary/aromatic N) is 1. The van der Waals surface area contributed by atoms with Crippen LogP contribution in [0.25, 0.3) is 0 Å². The standard InChI is InChI=1S/C11H14N2O2S/c14-9-4-8(5-12-6-9)11(15)13-7-10-2-1-3-16-10/h4-6,10,14H,1-3,7H2,(H,13,15). The predicted molar refractivity (Wildman–Crippen MR) is 63.7 cm³/mol. The van der Waals surface area contributed by atoms with E-state index < -0.39 is 0 Å². The van der Waals surface area contributed by atoms with Gasteiger partial charge in [0.1, 0.15) is 5.75 Å². The summed E-state index contributed by atoms with van der Waals surface area (Å²) in [5.41, 5.74) is 0.406. The summed E-state index contributed by atoms with van der Waals surface area (Å²) in [6, 6.07) is 1.42. The van der Waals surface area contributed by atoms with Crippen molar-refractivity contribution in [2.45, 2.75) is 18.1 Å². The van der Waals surface area contributed by atoms with Gasteiger partial charge in [0.15, 0.2) is 0 Å². The lowest BCUT2D eigenvalue weighted by molar-refractivity contribution is 0.0953. The molecule has 1 unspecified atom stereocenters. The zero-order valence-corrected chi connectivity index (χ0v) is 9.67. The number of aromatic hydroxyl groups is 1. The Morgan fingerprint density at radius 1 is 1.62 bits per heavy atom. The highest BCUT2D eigenvalue weighted by Crippen LogP contribution is 2.25. The average molecular weight is 238 g/mol. The van der Waals surface area contributed by atoms with E-state index in [2.05, 4.69) is 10.3 Å². The van der Waals surface area contributed by atoms with Crippen LogP contribution in [0.2, 0.25) is 0 Å². The zero-order chi connectivity index (χ0) is 11.4. The van der Waals surface area contributed by atoms with Crippen LogP contribution in [0.4, 0.5) is 0 Å². The van der Waals surface area contributed by atoms with Crippen molar-refractivity contribution in [3.05, 3.63) is 24.0 Å². The molecule has 1 fully saturated rings. The quantitative estimate of drug-likeness (QED) is 0.836. The molecular weight excluding hydrogens is 224 g/mol. The molecule has 2 rings (SSSR count). The van der Waals surface area contributed by atoms with Gasteiger partial charge < -0.3 is 10.4 Å². The summed E-state index contributed by atoms with van der Waals surface area (Å²) in [6.07, 6.45) is 5.17. The lowest BCUT2D eigenvalue weighted by Crippen LogP contribution is -2.29. The molecule has 0 spiro atoms. The minimum absolute atomic E-state index is 0.0166. The van der Waals surface area contributed by atoms with Gasteiger partial charge >= 0.3 is 0 Å². The van der Waals surface area contributed by atoms with Crippen LogP contribution in [-0.2, 0) is 0 Å². The van der Waals surface area contributed by atoms with Gasteiger partial charge in [-0.15, -0.1) is 0 Å². The monoisotopic (exact) mass is 238 g/mol. The number of hydrogen-bond donors (Lipinski definition) is 2. The first kappa shape index (κ1) is 11.3. The van der Waals surface area contributed by atoms with Gasteiger partial charge in [0.05, 0.1) is 11.8 Å². The Hall–Kier alpha value is -1.23. The number of nitrogens with one attached hydrogen (secondary N) is 1. The summed E-state index contributed by atoms with van der Waals surface area (Å²) < 4.78 is 0. The third kappa shape index (κ3) is 2.88. The van der Waals surface area contributed by atoms with Crippen LogP contribution in [-0.4, -0.2) is 33.5 Å². The number of carbonyl (C=O) groups is 1. The van der Waals surface area contributed by atoms with Crippen LogP contribution < -0.4 is 5.32 Å². The number of aromatic nitrogens is 1. The van der Waals surface area contributed by atoms with Crippen molar-refractivity contribution < 1.29 is 9.90 Å². The fourth-order valence-electron chi connectivity index (χ4n) is 1.67. The van der Waals surface area contributed by atoms with Gasteiger partial charge in [-0.05, 0) is 24.7 Å². The number of hydrogen-bond acceptors (Lipinski definition) is 4. The highest BCUT2D eigenvalue weighted by Gasteiger charge is 2.16. The first-order valence-electron chi connectivity index (χ1n) is 5.29. The van der Waals surface area contributed by atoms with Gasteiger partial charge in [-0.2, -0.15) is 11.8 Å². The molecule has 0 aromatic carbocycles. The number of carbonyl (C=O) groups excluding carboxylic acids is 1. The van der Waals surface area contributed by atoms with Crippen LogP contribution in [0.15, 0.2) is 18.5 Å². The van der Waals surface area contributed by atoms with Gasteiger partial charge in [0.2, 0.25) is 0 Å². The molecule has 1 aliphatic heterocycles. The molecular formula is C11H14N2O2S. The van der Waals surface area contributed by atoms with Crippen molar-refractivity contribution in [1.82, 2.24) is 10.3 Å². The van der Waals surface area contributed by atoms with Crippen molar-refractivity contribution in [2.24, 2.45) is 0 Å². The second-order valence-electron chi connectivity index (χ2n) is 3.78. The molecule has 2 heterocycles. The SMILES string of the molecule is O=C(NCC1CCCS1)c1cncc(O)c1. The molecule has 0 aliphatic carbocycles. The minimum atomic E-state index is -0.170. The van der Waals surface area contributed by atoms with Crippen molar-refractivity contribution in [1.29, 1.82) is 0 Å². The normalized spacial score (nSPS) is 19.6. The van der Waals surface area contributed by atoms with Gasteiger partial charge in [0, 0.05) is 18.0 Å². The molecule has 0 bridgehead atoms. The molecule has 0 saturated carbocycles. The molecule has 5 heteroatoms. The van der Waals surface area contributed by atoms with E-state index in [1.807, 2.05) is 11.8 Å². The highest BCUT2D eigenvalue weighted by atomic mass is 32.2.